The van der Waals surface area contributed by atoms with Gasteiger partial charge in [0.1, 0.15) is 0 Å². The summed E-state index contributed by atoms with van der Waals surface area (Å²) in [5.41, 5.74) is 6.50. The number of nitrogens with two attached hydrogens (primary N) is 1. The first-order chi connectivity index (χ1) is 10.2. The third-order valence-corrected chi connectivity index (χ3v) is 6.56. The highest BCUT2D eigenvalue weighted by atomic mass is 15.2. The Hall–Kier alpha value is -0.860. The van der Waals surface area contributed by atoms with E-state index in [2.05, 4.69) is 36.6 Å². The van der Waals surface area contributed by atoms with Crippen molar-refractivity contribution in [3.05, 3.63) is 35.4 Å². The lowest BCUT2D eigenvalue weighted by atomic mass is 9.47. The van der Waals surface area contributed by atoms with Gasteiger partial charge >= 0.3 is 0 Å². The Kier molecular flexibility index (Phi) is 3.35. The fraction of sp³-hybridized carbons (Fsp3) is 0.684. The molecule has 0 aliphatic heterocycles. The molecule has 4 bridgehead atoms. The summed E-state index contributed by atoms with van der Waals surface area (Å²) < 4.78 is 0. The summed E-state index contributed by atoms with van der Waals surface area (Å²) in [6.07, 6.45) is 9.76. The van der Waals surface area contributed by atoms with Crippen LogP contribution in [-0.2, 0) is 6.42 Å². The minimum absolute atomic E-state index is 0.345. The van der Waals surface area contributed by atoms with Gasteiger partial charge in [0.25, 0.3) is 0 Å². The zero-order valence-electron chi connectivity index (χ0n) is 13.1. The first-order valence-corrected chi connectivity index (χ1v) is 8.77. The molecule has 5 rings (SSSR count). The third kappa shape index (κ3) is 2.24. The number of hydrogen-bond donors (Lipinski definition) is 2. The Balaban J connectivity index is 1.69. The molecule has 2 nitrogen and oxygen atoms in total. The van der Waals surface area contributed by atoms with Gasteiger partial charge < -0.3 is 0 Å². The third-order valence-electron chi connectivity index (χ3n) is 6.56. The monoisotopic (exact) mass is 284 g/mol. The summed E-state index contributed by atoms with van der Waals surface area (Å²) >= 11 is 0. The second-order valence-corrected chi connectivity index (χ2v) is 7.98. The average molecular weight is 284 g/mol. The number of hydrogen-bond acceptors (Lipinski definition) is 2. The van der Waals surface area contributed by atoms with Crippen molar-refractivity contribution in [2.45, 2.75) is 57.9 Å². The summed E-state index contributed by atoms with van der Waals surface area (Å²) in [4.78, 5) is 0. The van der Waals surface area contributed by atoms with Crippen molar-refractivity contribution in [2.24, 2.45) is 29.0 Å². The van der Waals surface area contributed by atoms with Gasteiger partial charge in [0.2, 0.25) is 0 Å². The van der Waals surface area contributed by atoms with Crippen LogP contribution in [0.5, 0.6) is 0 Å². The molecular formula is C19H28N2. The molecule has 114 valence electrons. The minimum Gasteiger partial charge on any atom is -0.271 e. The molecule has 0 heterocycles. The molecule has 0 saturated heterocycles. The Morgan fingerprint density at radius 2 is 1.76 bits per heavy atom. The van der Waals surface area contributed by atoms with Crippen molar-refractivity contribution in [3.63, 3.8) is 0 Å². The zero-order chi connectivity index (χ0) is 14.4. The molecule has 1 aromatic rings. The zero-order valence-corrected chi connectivity index (χ0v) is 13.1. The van der Waals surface area contributed by atoms with Crippen molar-refractivity contribution >= 4 is 0 Å². The van der Waals surface area contributed by atoms with Gasteiger partial charge in [-0.15, -0.1) is 0 Å². The normalized spacial score (nSPS) is 38.7. The highest BCUT2D eigenvalue weighted by Gasteiger charge is 2.54. The molecule has 1 unspecified atom stereocenters. The maximum Gasteiger partial charge on any atom is 0.0516 e. The van der Waals surface area contributed by atoms with E-state index in [-0.39, 0.29) is 0 Å². The van der Waals surface area contributed by atoms with Crippen molar-refractivity contribution in [3.8, 4) is 0 Å². The number of rotatable bonds is 4. The standard InChI is InChI=1S/C19H28N2/c1-2-13-4-3-5-17(9-13)18(21-20)19-10-14-6-15(11-19)8-16(7-14)12-19/h3-5,9,14-16,18,21H,2,6-8,10-12,20H2,1H3. The van der Waals surface area contributed by atoms with E-state index in [0.29, 0.717) is 11.5 Å². The van der Waals surface area contributed by atoms with Gasteiger partial charge in [-0.3, -0.25) is 11.3 Å². The topological polar surface area (TPSA) is 38.0 Å². The van der Waals surface area contributed by atoms with Crippen molar-refractivity contribution in [1.29, 1.82) is 0 Å². The number of hydrazine groups is 1. The largest absolute Gasteiger partial charge is 0.271 e. The van der Waals surface area contributed by atoms with Gasteiger partial charge in [-0.05, 0) is 79.2 Å². The molecule has 0 radical (unpaired) electrons. The molecule has 1 aromatic carbocycles. The minimum atomic E-state index is 0.345. The molecule has 21 heavy (non-hydrogen) atoms. The van der Waals surface area contributed by atoms with Crippen LogP contribution in [0.1, 0.15) is 62.6 Å². The second-order valence-electron chi connectivity index (χ2n) is 7.98. The van der Waals surface area contributed by atoms with Gasteiger partial charge in [0.15, 0.2) is 0 Å². The fourth-order valence-electron chi connectivity index (χ4n) is 6.15. The summed E-state index contributed by atoms with van der Waals surface area (Å²) in [5, 5.41) is 0. The van der Waals surface area contributed by atoms with Gasteiger partial charge in [-0.2, -0.15) is 0 Å². The second kappa shape index (κ2) is 5.10. The molecule has 4 saturated carbocycles. The lowest BCUT2D eigenvalue weighted by molar-refractivity contribution is -0.0749. The van der Waals surface area contributed by atoms with E-state index in [1.165, 1.54) is 49.7 Å². The van der Waals surface area contributed by atoms with Gasteiger partial charge in [-0.25, -0.2) is 0 Å². The maximum absolute atomic E-state index is 6.07. The number of aryl methyl sites for hydroxylation is 1. The van der Waals surface area contributed by atoms with Gasteiger partial charge in [-0.1, -0.05) is 31.2 Å². The first-order valence-electron chi connectivity index (χ1n) is 8.77. The Bertz CT molecular complexity index is 487. The first kappa shape index (κ1) is 13.8. The number of benzene rings is 1. The maximum atomic E-state index is 6.07. The molecule has 0 spiro atoms. The lowest BCUT2D eigenvalue weighted by Gasteiger charge is -2.59. The van der Waals surface area contributed by atoms with Gasteiger partial charge in [0.05, 0.1) is 6.04 Å². The molecule has 2 heteroatoms. The highest BCUT2D eigenvalue weighted by molar-refractivity contribution is 5.28. The van der Waals surface area contributed by atoms with E-state index in [1.807, 2.05) is 0 Å². The van der Waals surface area contributed by atoms with Crippen LogP contribution in [0, 0.1) is 23.2 Å². The molecule has 1 atom stereocenters. The van der Waals surface area contributed by atoms with E-state index in [9.17, 15) is 0 Å². The van der Waals surface area contributed by atoms with E-state index < -0.39 is 0 Å². The summed E-state index contributed by atoms with van der Waals surface area (Å²) in [5.74, 6) is 8.99. The van der Waals surface area contributed by atoms with Crippen molar-refractivity contribution in [2.75, 3.05) is 0 Å². The number of nitrogens with one attached hydrogen (secondary N) is 1. The molecule has 4 aliphatic carbocycles. The van der Waals surface area contributed by atoms with Crippen LogP contribution in [0.15, 0.2) is 24.3 Å². The van der Waals surface area contributed by atoms with Crippen LogP contribution in [0.2, 0.25) is 0 Å². The van der Waals surface area contributed by atoms with Crippen molar-refractivity contribution in [1.82, 2.24) is 5.43 Å². The molecule has 0 amide bonds. The predicted molar refractivity (Wildman–Crippen MR) is 86.5 cm³/mol. The van der Waals surface area contributed by atoms with Crippen LogP contribution in [0.25, 0.3) is 0 Å². The fourth-order valence-corrected chi connectivity index (χ4v) is 6.15. The molecule has 0 aromatic heterocycles. The quantitative estimate of drug-likeness (QED) is 0.648. The Morgan fingerprint density at radius 1 is 1.14 bits per heavy atom. The molecule has 4 fully saturated rings. The molecule has 3 N–H and O–H groups in total. The summed E-state index contributed by atoms with van der Waals surface area (Å²) in [6, 6.07) is 9.44. The van der Waals surface area contributed by atoms with E-state index in [0.717, 1.165) is 24.2 Å². The molecule has 4 aliphatic rings. The summed E-state index contributed by atoms with van der Waals surface area (Å²) in [7, 11) is 0. The Morgan fingerprint density at radius 3 is 2.29 bits per heavy atom. The summed E-state index contributed by atoms with van der Waals surface area (Å²) in [6.45, 7) is 2.23. The highest BCUT2D eigenvalue weighted by Crippen LogP contribution is 2.63. The van der Waals surface area contributed by atoms with Crippen LogP contribution >= 0.6 is 0 Å². The Labute approximate surface area is 128 Å². The predicted octanol–water partition coefficient (Wildman–Crippen LogP) is 3.97. The van der Waals surface area contributed by atoms with E-state index in [4.69, 9.17) is 5.84 Å². The average Bonchev–Trinajstić information content (AvgIpc) is 2.46. The van der Waals surface area contributed by atoms with Crippen LogP contribution in [0.4, 0.5) is 0 Å². The SMILES string of the molecule is CCc1cccc(C(NN)C23CC4CC(CC(C4)C2)C3)c1. The smallest absolute Gasteiger partial charge is 0.0516 e. The molecular weight excluding hydrogens is 256 g/mol. The van der Waals surface area contributed by atoms with Crippen molar-refractivity contribution < 1.29 is 0 Å². The lowest BCUT2D eigenvalue weighted by Crippen LogP contribution is -2.53. The van der Waals surface area contributed by atoms with Crippen LogP contribution in [-0.4, -0.2) is 0 Å². The van der Waals surface area contributed by atoms with E-state index in [1.54, 1.807) is 0 Å². The van der Waals surface area contributed by atoms with E-state index >= 15 is 0 Å². The van der Waals surface area contributed by atoms with Gasteiger partial charge in [0, 0.05) is 0 Å². The van der Waals surface area contributed by atoms with Crippen LogP contribution < -0.4 is 11.3 Å². The van der Waals surface area contributed by atoms with Crippen LogP contribution in [0.3, 0.4) is 0 Å².